The molecule has 0 saturated carbocycles. The summed E-state index contributed by atoms with van der Waals surface area (Å²) >= 11 is 1.84. The molecule has 1 aliphatic heterocycles. The Morgan fingerprint density at radius 2 is 1.91 bits per heavy atom. The predicted octanol–water partition coefficient (Wildman–Crippen LogP) is 3.99. The maximum Gasteiger partial charge on any atom is 0.410 e. The van der Waals surface area contributed by atoms with Gasteiger partial charge in [0.15, 0.2) is 0 Å². The van der Waals surface area contributed by atoms with Crippen LogP contribution in [0.2, 0.25) is 0 Å². The topological polar surface area (TPSA) is 32.8 Å². The summed E-state index contributed by atoms with van der Waals surface area (Å²) in [7, 11) is 0. The van der Waals surface area contributed by atoms with Crippen LogP contribution in [0.3, 0.4) is 0 Å². The molecule has 128 valence electrons. The second-order valence-electron chi connectivity index (χ2n) is 7.02. The summed E-state index contributed by atoms with van der Waals surface area (Å²) in [6.45, 7) is 10.3. The molecular weight excluding hydrogens is 308 g/mol. The number of piperazine rings is 1. The van der Waals surface area contributed by atoms with E-state index in [0.29, 0.717) is 11.9 Å². The van der Waals surface area contributed by atoms with Crippen molar-refractivity contribution in [2.75, 3.05) is 25.9 Å². The molecule has 1 aromatic carbocycles. The lowest BCUT2D eigenvalue weighted by molar-refractivity contribution is 0.000107. The number of carbonyl (C=O) groups excluding carboxylic acids is 1. The molecule has 1 fully saturated rings. The van der Waals surface area contributed by atoms with Crippen molar-refractivity contribution in [1.82, 2.24) is 9.80 Å². The summed E-state index contributed by atoms with van der Waals surface area (Å²) in [5.74, 6) is 0. The van der Waals surface area contributed by atoms with Crippen LogP contribution >= 0.6 is 11.8 Å². The highest BCUT2D eigenvalue weighted by atomic mass is 32.2. The molecular formula is C18H28N2O2S. The number of nitrogens with zero attached hydrogens (tertiary/aromatic N) is 2. The average molecular weight is 337 g/mol. The normalized spacial score (nSPS) is 21.1. The molecule has 2 rings (SSSR count). The van der Waals surface area contributed by atoms with Crippen LogP contribution in [0, 0.1) is 0 Å². The number of benzene rings is 1. The lowest BCUT2D eigenvalue weighted by Gasteiger charge is -2.43. The van der Waals surface area contributed by atoms with Gasteiger partial charge in [-0.25, -0.2) is 4.79 Å². The van der Waals surface area contributed by atoms with Crippen LogP contribution in [0.1, 0.15) is 38.6 Å². The van der Waals surface area contributed by atoms with Crippen molar-refractivity contribution in [2.45, 2.75) is 44.7 Å². The molecule has 0 radical (unpaired) electrons. The number of hydrogen-bond acceptors (Lipinski definition) is 4. The maximum atomic E-state index is 12.3. The van der Waals surface area contributed by atoms with Crippen molar-refractivity contribution in [3.8, 4) is 0 Å². The van der Waals surface area contributed by atoms with Gasteiger partial charge >= 0.3 is 6.09 Å². The van der Waals surface area contributed by atoms with E-state index in [9.17, 15) is 4.79 Å². The molecule has 0 unspecified atom stereocenters. The Labute approximate surface area is 144 Å². The van der Waals surface area contributed by atoms with Gasteiger partial charge in [0.2, 0.25) is 0 Å². The summed E-state index contributed by atoms with van der Waals surface area (Å²) in [5, 5.41) is 0.333. The minimum absolute atomic E-state index is 0.150. The Kier molecular flexibility index (Phi) is 5.98. The van der Waals surface area contributed by atoms with E-state index in [0.717, 1.165) is 13.1 Å². The van der Waals surface area contributed by atoms with Gasteiger partial charge in [0.25, 0.3) is 0 Å². The van der Waals surface area contributed by atoms with Crippen LogP contribution in [0.15, 0.2) is 30.3 Å². The maximum absolute atomic E-state index is 12.3. The quantitative estimate of drug-likeness (QED) is 0.835. The van der Waals surface area contributed by atoms with Gasteiger partial charge in [0.1, 0.15) is 5.60 Å². The first-order chi connectivity index (χ1) is 10.8. The number of carbonyl (C=O) groups is 1. The van der Waals surface area contributed by atoms with Crippen molar-refractivity contribution in [1.29, 1.82) is 0 Å². The van der Waals surface area contributed by atoms with Crippen LogP contribution in [-0.2, 0) is 4.74 Å². The Bertz CT molecular complexity index is 516. The molecule has 0 bridgehead atoms. The summed E-state index contributed by atoms with van der Waals surface area (Å²) in [6.07, 6.45) is 1.94. The lowest BCUT2D eigenvalue weighted by Crippen LogP contribution is -2.55. The van der Waals surface area contributed by atoms with Crippen molar-refractivity contribution in [2.24, 2.45) is 0 Å². The first kappa shape index (κ1) is 18.1. The van der Waals surface area contributed by atoms with Gasteiger partial charge in [-0.1, -0.05) is 30.3 Å². The van der Waals surface area contributed by atoms with Gasteiger partial charge in [-0.05, 0) is 39.5 Å². The lowest BCUT2D eigenvalue weighted by atomic mass is 10.1. The second-order valence-corrected chi connectivity index (χ2v) is 7.93. The number of ether oxygens (including phenoxy) is 1. The van der Waals surface area contributed by atoms with E-state index in [1.54, 1.807) is 0 Å². The standard InChI is InChI=1S/C18H28N2O2S/c1-14-13-19(16(23-5)15-9-7-6-8-10-15)11-12-20(14)17(21)22-18(2,3)4/h6-10,14,16H,11-13H2,1-5H3/t14-,16-/m1/s1. The molecule has 0 spiro atoms. The highest BCUT2D eigenvalue weighted by Crippen LogP contribution is 2.32. The van der Waals surface area contributed by atoms with E-state index in [2.05, 4.69) is 42.3 Å². The third-order valence-corrected chi connectivity index (χ3v) is 4.94. The number of hydrogen-bond donors (Lipinski definition) is 0. The number of amides is 1. The van der Waals surface area contributed by atoms with E-state index < -0.39 is 5.60 Å². The van der Waals surface area contributed by atoms with Gasteiger partial charge < -0.3 is 9.64 Å². The first-order valence-corrected chi connectivity index (χ1v) is 9.42. The molecule has 1 aliphatic rings. The van der Waals surface area contributed by atoms with E-state index >= 15 is 0 Å². The largest absolute Gasteiger partial charge is 0.444 e. The van der Waals surface area contributed by atoms with Crippen LogP contribution in [-0.4, -0.2) is 53.4 Å². The predicted molar refractivity (Wildman–Crippen MR) is 96.7 cm³/mol. The second kappa shape index (κ2) is 7.58. The zero-order valence-electron chi connectivity index (χ0n) is 14.8. The minimum Gasteiger partial charge on any atom is -0.444 e. The Balaban J connectivity index is 2.01. The Hall–Kier alpha value is -1.20. The molecule has 1 aromatic rings. The molecule has 1 heterocycles. The van der Waals surface area contributed by atoms with E-state index in [1.807, 2.05) is 43.5 Å². The monoisotopic (exact) mass is 336 g/mol. The van der Waals surface area contributed by atoms with Gasteiger partial charge in [-0.3, -0.25) is 4.90 Å². The van der Waals surface area contributed by atoms with E-state index in [1.165, 1.54) is 5.56 Å². The van der Waals surface area contributed by atoms with E-state index in [-0.39, 0.29) is 12.1 Å². The highest BCUT2D eigenvalue weighted by Gasteiger charge is 2.33. The SMILES string of the molecule is CS[C@H](c1ccccc1)N1CCN(C(=O)OC(C)(C)C)[C@H](C)C1. The highest BCUT2D eigenvalue weighted by molar-refractivity contribution is 7.98. The summed E-state index contributed by atoms with van der Waals surface area (Å²) in [4.78, 5) is 16.6. The molecule has 5 heteroatoms. The van der Waals surface area contributed by atoms with Gasteiger partial charge in [0.05, 0.1) is 5.37 Å². The first-order valence-electron chi connectivity index (χ1n) is 8.13. The molecule has 2 atom stereocenters. The third-order valence-electron chi connectivity index (χ3n) is 3.93. The van der Waals surface area contributed by atoms with E-state index in [4.69, 9.17) is 4.74 Å². The fraction of sp³-hybridized carbons (Fsp3) is 0.611. The fourth-order valence-electron chi connectivity index (χ4n) is 2.90. The van der Waals surface area contributed by atoms with Crippen molar-refractivity contribution in [3.63, 3.8) is 0 Å². The zero-order valence-corrected chi connectivity index (χ0v) is 15.6. The van der Waals surface area contributed by atoms with Crippen LogP contribution in [0.5, 0.6) is 0 Å². The van der Waals surface area contributed by atoms with Crippen molar-refractivity contribution in [3.05, 3.63) is 35.9 Å². The van der Waals surface area contributed by atoms with Gasteiger partial charge in [-0.15, -0.1) is 11.8 Å². The van der Waals surface area contributed by atoms with Crippen molar-refractivity contribution >= 4 is 17.9 Å². The molecule has 0 aliphatic carbocycles. The van der Waals surface area contributed by atoms with Crippen molar-refractivity contribution < 1.29 is 9.53 Å². The third kappa shape index (κ3) is 4.88. The Morgan fingerprint density at radius 3 is 2.43 bits per heavy atom. The fourth-order valence-corrected chi connectivity index (χ4v) is 3.82. The number of rotatable bonds is 3. The summed E-state index contributed by atoms with van der Waals surface area (Å²) in [6, 6.07) is 10.7. The molecule has 0 N–H and O–H groups in total. The zero-order chi connectivity index (χ0) is 17.0. The van der Waals surface area contributed by atoms with Gasteiger partial charge in [0, 0.05) is 25.7 Å². The smallest absolute Gasteiger partial charge is 0.410 e. The molecule has 23 heavy (non-hydrogen) atoms. The molecule has 4 nitrogen and oxygen atoms in total. The molecule has 1 saturated heterocycles. The average Bonchev–Trinajstić information content (AvgIpc) is 2.47. The van der Waals surface area contributed by atoms with Crippen LogP contribution in [0.4, 0.5) is 4.79 Å². The molecule has 1 amide bonds. The number of thioether (sulfide) groups is 1. The molecule has 0 aromatic heterocycles. The minimum atomic E-state index is -0.445. The summed E-state index contributed by atoms with van der Waals surface area (Å²) in [5.41, 5.74) is 0.873. The van der Waals surface area contributed by atoms with Crippen LogP contribution in [0.25, 0.3) is 0 Å². The van der Waals surface area contributed by atoms with Gasteiger partial charge in [-0.2, -0.15) is 0 Å². The summed E-state index contributed by atoms with van der Waals surface area (Å²) < 4.78 is 5.52. The Morgan fingerprint density at radius 1 is 1.26 bits per heavy atom. The van der Waals surface area contributed by atoms with Crippen LogP contribution < -0.4 is 0 Å².